The fourth-order valence-corrected chi connectivity index (χ4v) is 2.35. The minimum Gasteiger partial charge on any atom is -0.106 e. The Morgan fingerprint density at radius 3 is 2.88 bits per heavy atom. The van der Waals surface area contributed by atoms with Gasteiger partial charge >= 0.3 is 0 Å². The van der Waals surface area contributed by atoms with Crippen LogP contribution in [-0.4, -0.2) is 14.8 Å². The van der Waals surface area contributed by atoms with Crippen LogP contribution in [-0.2, 0) is 0 Å². The van der Waals surface area contributed by atoms with Crippen LogP contribution in [0.4, 0.5) is 0 Å². The molecule has 0 bridgehead atoms. The van der Waals surface area contributed by atoms with Gasteiger partial charge in [0.15, 0.2) is 0 Å². The van der Waals surface area contributed by atoms with Gasteiger partial charge in [-0.1, -0.05) is 25.7 Å². The summed E-state index contributed by atoms with van der Waals surface area (Å²) in [5.74, 6) is 0. The zero-order chi connectivity index (χ0) is 5.66. The summed E-state index contributed by atoms with van der Waals surface area (Å²) in [6.45, 7) is 0. The van der Waals surface area contributed by atoms with Crippen LogP contribution in [0.25, 0.3) is 0 Å². The zero-order valence-electron chi connectivity index (χ0n) is 5.40. The molecule has 0 aliphatic carbocycles. The molecule has 0 aromatic carbocycles. The van der Waals surface area contributed by atoms with Gasteiger partial charge in [-0.2, -0.15) is 0 Å². The SMILES string of the molecule is C1=[SiH]\CCCCCC/1. The maximum Gasteiger partial charge on any atom is -0.0119 e. The molecule has 0 N–H and O–H groups in total. The molecule has 1 aliphatic heterocycles. The van der Waals surface area contributed by atoms with Crippen molar-refractivity contribution in [1.29, 1.82) is 0 Å². The number of hydrogen-bond donors (Lipinski definition) is 0. The Labute approximate surface area is 53.7 Å². The maximum absolute atomic E-state index is 2.53. The van der Waals surface area contributed by atoms with Crippen LogP contribution < -0.4 is 0 Å². The van der Waals surface area contributed by atoms with Gasteiger partial charge in [0.1, 0.15) is 0 Å². The van der Waals surface area contributed by atoms with E-state index >= 15 is 0 Å². The van der Waals surface area contributed by atoms with Crippen molar-refractivity contribution >= 4 is 14.8 Å². The fourth-order valence-electron chi connectivity index (χ4n) is 1.11. The third-order valence-electron chi connectivity index (χ3n) is 1.66. The zero-order valence-corrected chi connectivity index (χ0v) is 6.55. The van der Waals surface area contributed by atoms with Crippen LogP contribution in [0.15, 0.2) is 0 Å². The van der Waals surface area contributed by atoms with E-state index in [1.807, 2.05) is 0 Å². The van der Waals surface area contributed by atoms with E-state index in [4.69, 9.17) is 0 Å². The van der Waals surface area contributed by atoms with Crippen molar-refractivity contribution in [2.45, 2.75) is 38.1 Å². The Kier molecular flexibility index (Phi) is 3.12. The van der Waals surface area contributed by atoms with E-state index in [1.165, 1.54) is 38.1 Å². The lowest BCUT2D eigenvalue weighted by Gasteiger charge is -1.99. The summed E-state index contributed by atoms with van der Waals surface area (Å²) >= 11 is 0. The molecule has 8 heavy (non-hydrogen) atoms. The Balaban J connectivity index is 2.17. The summed E-state index contributed by atoms with van der Waals surface area (Å²) in [6, 6.07) is 1.53. The Bertz CT molecular complexity index is 66.5. The summed E-state index contributed by atoms with van der Waals surface area (Å²) in [5.41, 5.74) is 2.53. The van der Waals surface area contributed by atoms with Gasteiger partial charge in [0, 0.05) is 0 Å². The first-order valence-corrected chi connectivity index (χ1v) is 5.13. The van der Waals surface area contributed by atoms with E-state index in [-0.39, 0.29) is 0 Å². The van der Waals surface area contributed by atoms with E-state index in [2.05, 4.69) is 5.67 Å². The molecule has 1 heteroatoms. The molecule has 0 nitrogen and oxygen atoms in total. The largest absolute Gasteiger partial charge is 0.106 e. The average Bonchev–Trinajstić information content (AvgIpc) is 1.62. The molecule has 0 aromatic rings. The molecular weight excluding hydrogens is 112 g/mol. The van der Waals surface area contributed by atoms with Crippen LogP contribution in [0, 0.1) is 0 Å². The Morgan fingerprint density at radius 1 is 1.00 bits per heavy atom. The number of hydrogen-bond acceptors (Lipinski definition) is 0. The second-order valence-electron chi connectivity index (χ2n) is 2.46. The first kappa shape index (κ1) is 6.21. The smallest absolute Gasteiger partial charge is 0.0119 e. The maximum atomic E-state index is 2.53. The van der Waals surface area contributed by atoms with Crippen molar-refractivity contribution in [1.82, 2.24) is 0 Å². The molecule has 1 rings (SSSR count). The normalized spacial score (nSPS) is 26.0. The van der Waals surface area contributed by atoms with Crippen LogP contribution in [0.1, 0.15) is 32.1 Å². The van der Waals surface area contributed by atoms with Gasteiger partial charge in [-0.15, -0.1) is 5.67 Å². The molecule has 0 radical (unpaired) electrons. The standard InChI is InChI=1S/C7H14Si/c1-2-4-6-8-7-5-3-1/h6,8H,1-5,7H2/b8-6-. The molecule has 0 amide bonds. The predicted octanol–water partition coefficient (Wildman–Crippen LogP) is 1.61. The molecule has 1 aliphatic rings. The van der Waals surface area contributed by atoms with Gasteiger partial charge in [-0.25, -0.2) is 0 Å². The summed E-state index contributed by atoms with van der Waals surface area (Å²) in [7, 11) is 0.746. The highest BCUT2D eigenvalue weighted by Crippen LogP contribution is 2.05. The van der Waals surface area contributed by atoms with E-state index < -0.39 is 0 Å². The lowest BCUT2D eigenvalue weighted by Crippen LogP contribution is -1.90. The van der Waals surface area contributed by atoms with Crippen molar-refractivity contribution in [3.63, 3.8) is 0 Å². The molecule has 46 valence electrons. The molecule has 0 saturated carbocycles. The highest BCUT2D eigenvalue weighted by molar-refractivity contribution is 6.46. The monoisotopic (exact) mass is 126 g/mol. The topological polar surface area (TPSA) is 0 Å². The lowest BCUT2D eigenvalue weighted by molar-refractivity contribution is 0.682. The second kappa shape index (κ2) is 4.01. The van der Waals surface area contributed by atoms with Crippen molar-refractivity contribution in [2.24, 2.45) is 0 Å². The van der Waals surface area contributed by atoms with Gasteiger partial charge in [-0.3, -0.25) is 0 Å². The summed E-state index contributed by atoms with van der Waals surface area (Å²) in [6.07, 6.45) is 7.37. The second-order valence-corrected chi connectivity index (χ2v) is 3.98. The minimum absolute atomic E-state index is 0.746. The van der Waals surface area contributed by atoms with Crippen LogP contribution in [0.2, 0.25) is 6.04 Å². The summed E-state index contributed by atoms with van der Waals surface area (Å²) < 4.78 is 0. The van der Waals surface area contributed by atoms with E-state index in [0.717, 1.165) is 9.13 Å². The van der Waals surface area contributed by atoms with Gasteiger partial charge in [0.05, 0.1) is 0 Å². The van der Waals surface area contributed by atoms with E-state index in [9.17, 15) is 0 Å². The molecule has 0 saturated heterocycles. The fraction of sp³-hybridized carbons (Fsp3) is 0.857. The third-order valence-corrected chi connectivity index (χ3v) is 3.07. The van der Waals surface area contributed by atoms with Crippen LogP contribution >= 0.6 is 0 Å². The van der Waals surface area contributed by atoms with Crippen molar-refractivity contribution < 1.29 is 0 Å². The molecule has 0 spiro atoms. The summed E-state index contributed by atoms with van der Waals surface area (Å²) in [4.78, 5) is 0. The average molecular weight is 126 g/mol. The van der Waals surface area contributed by atoms with Crippen molar-refractivity contribution in [3.05, 3.63) is 0 Å². The molecule has 1 heterocycles. The number of rotatable bonds is 0. The Morgan fingerprint density at radius 2 is 1.88 bits per heavy atom. The quantitative estimate of drug-likeness (QED) is 0.433. The van der Waals surface area contributed by atoms with E-state index in [0.29, 0.717) is 0 Å². The molecule has 0 unspecified atom stereocenters. The van der Waals surface area contributed by atoms with Gasteiger partial charge in [0.2, 0.25) is 0 Å². The highest BCUT2D eigenvalue weighted by Gasteiger charge is 1.90. The Hall–Kier alpha value is 0.0869. The predicted molar refractivity (Wildman–Crippen MR) is 41.1 cm³/mol. The lowest BCUT2D eigenvalue weighted by atomic mass is 10.2. The molecular formula is C7H14Si. The van der Waals surface area contributed by atoms with Crippen LogP contribution in [0.5, 0.6) is 0 Å². The first-order chi connectivity index (χ1) is 4.00. The minimum atomic E-state index is 0.746. The summed E-state index contributed by atoms with van der Waals surface area (Å²) in [5, 5.41) is 0. The van der Waals surface area contributed by atoms with Crippen molar-refractivity contribution in [2.75, 3.05) is 0 Å². The van der Waals surface area contributed by atoms with Crippen LogP contribution in [0.3, 0.4) is 0 Å². The highest BCUT2D eigenvalue weighted by atomic mass is 28.2. The third kappa shape index (κ3) is 2.41. The molecule has 0 atom stereocenters. The molecule has 0 aromatic heterocycles. The van der Waals surface area contributed by atoms with Gasteiger partial charge in [0.25, 0.3) is 0 Å². The van der Waals surface area contributed by atoms with Gasteiger partial charge in [-0.05, 0) is 21.6 Å². The van der Waals surface area contributed by atoms with E-state index in [1.54, 1.807) is 0 Å². The van der Waals surface area contributed by atoms with Crippen molar-refractivity contribution in [3.8, 4) is 0 Å². The molecule has 0 fully saturated rings. The first-order valence-electron chi connectivity index (χ1n) is 3.65. The van der Waals surface area contributed by atoms with Gasteiger partial charge < -0.3 is 0 Å².